The van der Waals surface area contributed by atoms with Crippen LogP contribution in [0.25, 0.3) is 32.9 Å². The molecule has 5 aromatic rings. The van der Waals surface area contributed by atoms with Crippen LogP contribution in [0.5, 0.6) is 0 Å². The Bertz CT molecular complexity index is 1930. The summed E-state index contributed by atoms with van der Waals surface area (Å²) in [7, 11) is 0. The number of nitrogens with one attached hydrogen (secondary N) is 3. The summed E-state index contributed by atoms with van der Waals surface area (Å²) in [5.41, 5.74) is 10.9. The zero-order valence-corrected chi connectivity index (χ0v) is 22.6. The molecule has 9 nitrogen and oxygen atoms in total. The average molecular weight is 564 g/mol. The minimum Gasteiger partial charge on any atom is -0.366 e. The van der Waals surface area contributed by atoms with Gasteiger partial charge in [-0.05, 0) is 72.1 Å². The molecule has 42 heavy (non-hydrogen) atoms. The van der Waals surface area contributed by atoms with E-state index in [1.54, 1.807) is 24.3 Å². The number of aromatic amines is 1. The molecule has 1 saturated heterocycles. The van der Waals surface area contributed by atoms with Gasteiger partial charge in [0.2, 0.25) is 5.91 Å². The molecule has 10 heteroatoms. The maximum Gasteiger partial charge on any atom is 0.255 e. The lowest BCUT2D eigenvalue weighted by atomic mass is 9.93. The number of halogens is 1. The van der Waals surface area contributed by atoms with Gasteiger partial charge in [-0.1, -0.05) is 24.3 Å². The van der Waals surface area contributed by atoms with Crippen LogP contribution in [0, 0.1) is 12.7 Å². The van der Waals surface area contributed by atoms with Crippen LogP contribution < -0.4 is 16.4 Å². The zero-order valence-electron chi connectivity index (χ0n) is 22.6. The molecule has 1 aliphatic rings. The Morgan fingerprint density at radius 3 is 2.45 bits per heavy atom. The van der Waals surface area contributed by atoms with Crippen molar-refractivity contribution < 1.29 is 23.6 Å². The highest BCUT2D eigenvalue weighted by Gasteiger charge is 2.24. The number of aromatic nitrogens is 1. The van der Waals surface area contributed by atoms with Gasteiger partial charge in [-0.2, -0.15) is 0 Å². The minimum absolute atomic E-state index is 0.00708. The number of anilines is 1. The molecular formula is C32H26FN5O4. The van der Waals surface area contributed by atoms with Crippen molar-refractivity contribution in [2.45, 2.75) is 6.92 Å². The summed E-state index contributed by atoms with van der Waals surface area (Å²) in [6.07, 6.45) is 0. The lowest BCUT2D eigenvalue weighted by Crippen LogP contribution is -2.49. The van der Waals surface area contributed by atoms with Crippen molar-refractivity contribution in [3.8, 4) is 11.1 Å². The second-order valence-corrected chi connectivity index (χ2v) is 10.2. The van der Waals surface area contributed by atoms with E-state index in [-0.39, 0.29) is 24.3 Å². The number of rotatable bonds is 5. The number of amides is 4. The SMILES string of the molecule is Cc1c(NC(=O)c2ccc(F)cc2)cccc1-c1ccc(C(N)=O)c2[nH]c3cc(C(=O)N4CCNC(=O)C4)ccc3c12. The molecule has 0 unspecified atom stereocenters. The van der Waals surface area contributed by atoms with E-state index < -0.39 is 11.7 Å². The van der Waals surface area contributed by atoms with Crippen molar-refractivity contribution in [3.63, 3.8) is 0 Å². The van der Waals surface area contributed by atoms with Crippen LogP contribution in [0.4, 0.5) is 10.1 Å². The third-order valence-electron chi connectivity index (χ3n) is 7.57. The molecule has 0 aliphatic carbocycles. The predicted octanol–water partition coefficient (Wildman–Crippen LogP) is 4.36. The molecule has 0 atom stereocenters. The number of nitrogens with zero attached hydrogens (tertiary/aromatic N) is 1. The largest absolute Gasteiger partial charge is 0.366 e. The molecule has 4 amide bonds. The van der Waals surface area contributed by atoms with E-state index in [0.717, 1.165) is 27.5 Å². The molecule has 2 heterocycles. The van der Waals surface area contributed by atoms with Crippen LogP contribution in [0.15, 0.2) is 72.8 Å². The number of piperazine rings is 1. The predicted molar refractivity (Wildman–Crippen MR) is 158 cm³/mol. The van der Waals surface area contributed by atoms with Gasteiger partial charge >= 0.3 is 0 Å². The number of carbonyl (C=O) groups is 4. The van der Waals surface area contributed by atoms with Crippen LogP contribution in [0.3, 0.4) is 0 Å². The number of fused-ring (bicyclic) bond motifs is 3. The van der Waals surface area contributed by atoms with Crippen molar-refractivity contribution in [1.29, 1.82) is 0 Å². The van der Waals surface area contributed by atoms with E-state index in [2.05, 4.69) is 15.6 Å². The van der Waals surface area contributed by atoms with Gasteiger partial charge in [0.05, 0.1) is 17.6 Å². The molecule has 0 saturated carbocycles. The normalized spacial score (nSPS) is 13.3. The van der Waals surface area contributed by atoms with Crippen LogP contribution in [0.1, 0.15) is 36.6 Å². The third-order valence-corrected chi connectivity index (χ3v) is 7.57. The maximum atomic E-state index is 13.3. The number of hydrogen-bond acceptors (Lipinski definition) is 4. The van der Waals surface area contributed by atoms with E-state index in [1.807, 2.05) is 31.2 Å². The van der Waals surface area contributed by atoms with Gasteiger partial charge < -0.3 is 26.3 Å². The van der Waals surface area contributed by atoms with Crippen LogP contribution in [0.2, 0.25) is 0 Å². The highest BCUT2D eigenvalue weighted by atomic mass is 19.1. The van der Waals surface area contributed by atoms with Gasteiger partial charge in [0, 0.05) is 46.2 Å². The molecule has 0 bridgehead atoms. The molecule has 5 N–H and O–H groups in total. The average Bonchev–Trinajstić information content (AvgIpc) is 3.36. The van der Waals surface area contributed by atoms with Crippen molar-refractivity contribution in [3.05, 3.63) is 101 Å². The second kappa shape index (κ2) is 10.5. The first-order valence-electron chi connectivity index (χ1n) is 13.3. The van der Waals surface area contributed by atoms with Gasteiger partial charge in [0.15, 0.2) is 0 Å². The van der Waals surface area contributed by atoms with E-state index in [1.165, 1.54) is 29.2 Å². The first kappa shape index (κ1) is 26.7. The van der Waals surface area contributed by atoms with Crippen molar-refractivity contribution >= 4 is 51.1 Å². The van der Waals surface area contributed by atoms with E-state index in [9.17, 15) is 23.6 Å². The maximum absolute atomic E-state index is 13.3. The highest BCUT2D eigenvalue weighted by molar-refractivity contribution is 6.21. The molecule has 0 spiro atoms. The Hall–Kier alpha value is -5.51. The topological polar surface area (TPSA) is 137 Å². The lowest BCUT2D eigenvalue weighted by Gasteiger charge is -2.26. The quantitative estimate of drug-likeness (QED) is 0.253. The molecule has 1 aliphatic heterocycles. The summed E-state index contributed by atoms with van der Waals surface area (Å²) >= 11 is 0. The number of nitrogens with two attached hydrogens (primary N) is 1. The monoisotopic (exact) mass is 563 g/mol. The standard InChI is InChI=1S/C32H26FN5O4/c1-17-21(3-2-4-25(17)37-31(41)18-5-8-20(33)9-6-18)22-11-12-24(30(34)40)29-28(22)23-10-7-19(15-26(23)36-29)32(42)38-14-13-35-27(39)16-38/h2-12,15,36H,13-14,16H2,1H3,(H2,34,40)(H,35,39)(H,37,41). The summed E-state index contributed by atoms with van der Waals surface area (Å²) < 4.78 is 13.3. The summed E-state index contributed by atoms with van der Waals surface area (Å²) in [5.74, 6) is -1.88. The fraction of sp³-hybridized carbons (Fsp3) is 0.125. The third kappa shape index (κ3) is 4.72. The molecule has 210 valence electrons. The van der Waals surface area contributed by atoms with Gasteiger partial charge in [0.1, 0.15) is 5.82 Å². The van der Waals surface area contributed by atoms with Crippen LogP contribution in [-0.4, -0.2) is 53.1 Å². The van der Waals surface area contributed by atoms with Gasteiger partial charge in [-0.3, -0.25) is 19.2 Å². The summed E-state index contributed by atoms with van der Waals surface area (Å²) in [4.78, 5) is 55.0. The fourth-order valence-electron chi connectivity index (χ4n) is 5.43. The zero-order chi connectivity index (χ0) is 29.5. The number of benzene rings is 4. The Balaban J connectivity index is 1.44. The molecule has 0 radical (unpaired) electrons. The summed E-state index contributed by atoms with van der Waals surface area (Å²) in [6.45, 7) is 2.68. The molecule has 1 fully saturated rings. The number of primary amides is 1. The number of carbonyl (C=O) groups excluding carboxylic acids is 4. The van der Waals surface area contributed by atoms with Crippen molar-refractivity contribution in [2.24, 2.45) is 5.73 Å². The Morgan fingerprint density at radius 2 is 1.71 bits per heavy atom. The molecular weight excluding hydrogens is 537 g/mol. The molecule has 4 aromatic carbocycles. The van der Waals surface area contributed by atoms with E-state index >= 15 is 0 Å². The second-order valence-electron chi connectivity index (χ2n) is 10.2. The minimum atomic E-state index is -0.606. The van der Waals surface area contributed by atoms with E-state index in [4.69, 9.17) is 5.73 Å². The first-order chi connectivity index (χ1) is 20.2. The Labute approximate surface area is 239 Å². The molecule has 1 aromatic heterocycles. The van der Waals surface area contributed by atoms with Crippen molar-refractivity contribution in [2.75, 3.05) is 25.0 Å². The van der Waals surface area contributed by atoms with Gasteiger partial charge in [0.25, 0.3) is 17.7 Å². The Morgan fingerprint density at radius 1 is 0.952 bits per heavy atom. The van der Waals surface area contributed by atoms with Gasteiger partial charge in [-0.15, -0.1) is 0 Å². The first-order valence-corrected chi connectivity index (χ1v) is 13.3. The van der Waals surface area contributed by atoms with E-state index in [0.29, 0.717) is 46.5 Å². The number of hydrogen-bond donors (Lipinski definition) is 4. The van der Waals surface area contributed by atoms with Crippen molar-refractivity contribution in [1.82, 2.24) is 15.2 Å². The smallest absolute Gasteiger partial charge is 0.255 e. The lowest BCUT2D eigenvalue weighted by molar-refractivity contribution is -0.123. The van der Waals surface area contributed by atoms with Crippen LogP contribution >= 0.6 is 0 Å². The highest BCUT2D eigenvalue weighted by Crippen LogP contribution is 2.39. The summed E-state index contributed by atoms with van der Waals surface area (Å²) in [6, 6.07) is 19.5. The molecule has 6 rings (SSSR count). The van der Waals surface area contributed by atoms with Gasteiger partial charge in [-0.25, -0.2) is 4.39 Å². The Kier molecular flexibility index (Phi) is 6.66. The number of H-pyrrole nitrogens is 1. The van der Waals surface area contributed by atoms with Crippen LogP contribution in [-0.2, 0) is 4.79 Å². The fourth-order valence-corrected chi connectivity index (χ4v) is 5.43. The summed E-state index contributed by atoms with van der Waals surface area (Å²) in [5, 5.41) is 7.13.